The van der Waals surface area contributed by atoms with Crippen LogP contribution in [0.25, 0.3) is 5.69 Å². The van der Waals surface area contributed by atoms with Crippen molar-refractivity contribution in [2.45, 2.75) is 39.3 Å². The molecule has 2 aromatic heterocycles. The van der Waals surface area contributed by atoms with E-state index >= 15 is 0 Å². The van der Waals surface area contributed by atoms with Crippen LogP contribution < -0.4 is 20.3 Å². The molecule has 2 aromatic carbocycles. The van der Waals surface area contributed by atoms with E-state index in [1.165, 1.54) is 0 Å². The minimum Gasteiger partial charge on any atom is -0.494 e. The first-order valence-corrected chi connectivity index (χ1v) is 13.7. The molecule has 1 aliphatic heterocycles. The lowest BCUT2D eigenvalue weighted by atomic mass is 9.96. The lowest BCUT2D eigenvalue weighted by Gasteiger charge is -2.29. The van der Waals surface area contributed by atoms with Gasteiger partial charge in [-0.25, -0.2) is 4.79 Å². The van der Waals surface area contributed by atoms with E-state index < -0.39 is 5.97 Å². The summed E-state index contributed by atoms with van der Waals surface area (Å²) in [6, 6.07) is 19.9. The predicted molar refractivity (Wildman–Crippen MR) is 162 cm³/mol. The number of methoxy groups -OCH3 is 1. The number of rotatable bonds is 8. The average Bonchev–Trinajstić information content (AvgIpc) is 3.48. The van der Waals surface area contributed by atoms with Crippen LogP contribution in [0.15, 0.2) is 72.9 Å². The Morgan fingerprint density at radius 2 is 1.80 bits per heavy atom. The number of amides is 1. The molecule has 3 N–H and O–H groups in total. The minimum atomic E-state index is -0.965. The average molecular weight is 570 g/mol. The molecule has 1 fully saturated rings. The SMILES string of the molecule is CCC(=O)Nc1ccc(N2C(=S)N[C@@H](c3ccccn3)[C@@H]2c2cc(C)n(-c3ccc(C(=O)O)cc3)c2C)cc1OC. The van der Waals surface area contributed by atoms with Crippen LogP contribution in [0.2, 0.25) is 0 Å². The van der Waals surface area contributed by atoms with E-state index in [1.807, 2.05) is 62.4 Å². The summed E-state index contributed by atoms with van der Waals surface area (Å²) in [5.74, 6) is -0.546. The Bertz CT molecular complexity index is 1620. The highest BCUT2D eigenvalue weighted by Crippen LogP contribution is 2.45. The number of aromatic carboxylic acids is 1. The minimum absolute atomic E-state index is 0.105. The number of aromatic nitrogens is 2. The molecule has 1 saturated heterocycles. The van der Waals surface area contributed by atoms with Crippen molar-refractivity contribution in [1.82, 2.24) is 14.9 Å². The van der Waals surface area contributed by atoms with Crippen LogP contribution in [0.3, 0.4) is 0 Å². The number of carbonyl (C=O) groups is 2. The maximum absolute atomic E-state index is 12.1. The van der Waals surface area contributed by atoms with E-state index in [2.05, 4.69) is 31.2 Å². The standard InChI is InChI=1S/C31H31N5O4S/c1-5-27(37)33-24-14-13-22(17-26(24)40-4)36-29(28(34-31(36)41)25-8-6-7-15-32-25)23-16-18(2)35(19(23)3)21-11-9-20(10-12-21)30(38)39/h6-17,28-29H,5H2,1-4H3,(H,33,37)(H,34,41)(H,38,39)/t28-,29-/m0/s1. The van der Waals surface area contributed by atoms with Gasteiger partial charge in [-0.1, -0.05) is 13.0 Å². The lowest BCUT2D eigenvalue weighted by molar-refractivity contribution is -0.115. The molecule has 0 bridgehead atoms. The summed E-state index contributed by atoms with van der Waals surface area (Å²) in [4.78, 5) is 30.2. The lowest BCUT2D eigenvalue weighted by Crippen LogP contribution is -2.29. The molecule has 0 aliphatic carbocycles. The first-order valence-electron chi connectivity index (χ1n) is 13.2. The van der Waals surface area contributed by atoms with E-state index in [-0.39, 0.29) is 23.6 Å². The third-order valence-corrected chi connectivity index (χ3v) is 7.63. The van der Waals surface area contributed by atoms with Gasteiger partial charge in [0.15, 0.2) is 5.11 Å². The number of carbonyl (C=O) groups excluding carboxylic acids is 1. The van der Waals surface area contributed by atoms with Crippen molar-refractivity contribution in [2.75, 3.05) is 17.3 Å². The molecule has 4 aromatic rings. The molecule has 2 atom stereocenters. The zero-order chi connectivity index (χ0) is 29.3. The Balaban J connectivity index is 1.63. The number of carboxylic acid groups (broad SMARTS) is 1. The summed E-state index contributed by atoms with van der Waals surface area (Å²) in [5, 5.41) is 16.3. The maximum atomic E-state index is 12.1. The highest BCUT2D eigenvalue weighted by Gasteiger charge is 2.42. The summed E-state index contributed by atoms with van der Waals surface area (Å²) >= 11 is 5.91. The van der Waals surface area contributed by atoms with Crippen molar-refractivity contribution in [2.24, 2.45) is 0 Å². The maximum Gasteiger partial charge on any atom is 0.335 e. The molecule has 10 heteroatoms. The highest BCUT2D eigenvalue weighted by atomic mass is 32.1. The fraction of sp³-hybridized carbons (Fsp3) is 0.226. The number of hydrogen-bond donors (Lipinski definition) is 3. The van der Waals surface area contributed by atoms with Crippen LogP contribution in [0.5, 0.6) is 5.75 Å². The third kappa shape index (κ3) is 5.26. The van der Waals surface area contributed by atoms with Crippen molar-refractivity contribution in [1.29, 1.82) is 0 Å². The van der Waals surface area contributed by atoms with E-state index in [0.717, 1.165) is 34.0 Å². The van der Waals surface area contributed by atoms with Crippen LogP contribution in [0, 0.1) is 13.8 Å². The van der Waals surface area contributed by atoms with Crippen molar-refractivity contribution in [3.8, 4) is 11.4 Å². The van der Waals surface area contributed by atoms with Gasteiger partial charge in [0, 0.05) is 41.4 Å². The van der Waals surface area contributed by atoms with Gasteiger partial charge in [0.05, 0.1) is 36.1 Å². The molecule has 210 valence electrons. The molecule has 5 rings (SSSR count). The molecular formula is C31H31N5O4S. The van der Waals surface area contributed by atoms with Gasteiger partial charge in [0.1, 0.15) is 5.75 Å². The Labute approximate surface area is 243 Å². The number of carboxylic acids is 1. The Morgan fingerprint density at radius 3 is 2.44 bits per heavy atom. The summed E-state index contributed by atoms with van der Waals surface area (Å²) in [7, 11) is 1.57. The Kier molecular flexibility index (Phi) is 7.76. The fourth-order valence-electron chi connectivity index (χ4n) is 5.36. The van der Waals surface area contributed by atoms with Crippen LogP contribution >= 0.6 is 12.2 Å². The topological polar surface area (TPSA) is 109 Å². The molecule has 1 amide bonds. The zero-order valence-corrected chi connectivity index (χ0v) is 24.0. The van der Waals surface area contributed by atoms with Crippen LogP contribution in [-0.2, 0) is 4.79 Å². The molecule has 0 unspecified atom stereocenters. The van der Waals surface area contributed by atoms with E-state index in [9.17, 15) is 14.7 Å². The molecular weight excluding hydrogens is 538 g/mol. The summed E-state index contributed by atoms with van der Waals surface area (Å²) in [6.07, 6.45) is 2.12. The number of pyridine rings is 1. The molecule has 0 radical (unpaired) electrons. The van der Waals surface area contributed by atoms with Gasteiger partial charge >= 0.3 is 5.97 Å². The first-order chi connectivity index (χ1) is 19.7. The number of ether oxygens (including phenoxy) is 1. The normalized spacial score (nSPS) is 16.4. The van der Waals surface area contributed by atoms with Crippen molar-refractivity contribution >= 4 is 40.6 Å². The third-order valence-electron chi connectivity index (χ3n) is 7.32. The monoisotopic (exact) mass is 569 g/mol. The van der Waals surface area contributed by atoms with E-state index in [4.69, 9.17) is 17.0 Å². The van der Waals surface area contributed by atoms with Gasteiger partial charge in [-0.3, -0.25) is 9.78 Å². The van der Waals surface area contributed by atoms with Gasteiger partial charge in [-0.05, 0) is 86.2 Å². The van der Waals surface area contributed by atoms with Crippen LogP contribution in [0.4, 0.5) is 11.4 Å². The van der Waals surface area contributed by atoms with E-state index in [0.29, 0.717) is 23.0 Å². The first kappa shape index (κ1) is 27.9. The Morgan fingerprint density at radius 1 is 1.07 bits per heavy atom. The summed E-state index contributed by atoms with van der Waals surface area (Å²) in [5.41, 5.74) is 6.35. The predicted octanol–water partition coefficient (Wildman–Crippen LogP) is 5.72. The van der Waals surface area contributed by atoms with Crippen LogP contribution in [-0.4, -0.2) is 38.8 Å². The van der Waals surface area contributed by atoms with E-state index in [1.54, 1.807) is 32.4 Å². The Hall–Kier alpha value is -4.70. The zero-order valence-electron chi connectivity index (χ0n) is 23.2. The molecule has 3 heterocycles. The fourth-order valence-corrected chi connectivity index (χ4v) is 5.70. The highest BCUT2D eigenvalue weighted by molar-refractivity contribution is 7.80. The second kappa shape index (κ2) is 11.4. The van der Waals surface area contributed by atoms with Crippen molar-refractivity contribution in [3.63, 3.8) is 0 Å². The number of nitrogens with one attached hydrogen (secondary N) is 2. The second-order valence-electron chi connectivity index (χ2n) is 9.80. The number of thiocarbonyl (C=S) groups is 1. The number of nitrogens with zero attached hydrogens (tertiary/aromatic N) is 3. The number of benzene rings is 2. The molecule has 0 saturated carbocycles. The number of anilines is 2. The number of hydrogen-bond acceptors (Lipinski definition) is 5. The molecule has 1 aliphatic rings. The molecule has 41 heavy (non-hydrogen) atoms. The van der Waals surface area contributed by atoms with Gasteiger partial charge in [-0.2, -0.15) is 0 Å². The molecule has 9 nitrogen and oxygen atoms in total. The van der Waals surface area contributed by atoms with Gasteiger partial charge in [0.25, 0.3) is 0 Å². The second-order valence-corrected chi connectivity index (χ2v) is 10.2. The van der Waals surface area contributed by atoms with Crippen molar-refractivity contribution < 1.29 is 19.4 Å². The summed E-state index contributed by atoms with van der Waals surface area (Å²) in [6.45, 7) is 5.87. The quantitative estimate of drug-likeness (QED) is 0.231. The smallest absolute Gasteiger partial charge is 0.335 e. The van der Waals surface area contributed by atoms with Crippen LogP contribution in [0.1, 0.15) is 58.4 Å². The van der Waals surface area contributed by atoms with Crippen molar-refractivity contribution in [3.05, 3.63) is 101 Å². The summed E-state index contributed by atoms with van der Waals surface area (Å²) < 4.78 is 7.76. The van der Waals surface area contributed by atoms with Gasteiger partial charge in [0.2, 0.25) is 5.91 Å². The number of aryl methyl sites for hydroxylation is 1. The molecule has 0 spiro atoms. The van der Waals surface area contributed by atoms with Gasteiger partial charge in [-0.15, -0.1) is 0 Å². The largest absolute Gasteiger partial charge is 0.494 e. The van der Waals surface area contributed by atoms with Gasteiger partial charge < -0.3 is 29.9 Å².